The van der Waals surface area contributed by atoms with Crippen LogP contribution >= 0.6 is 0 Å². The first kappa shape index (κ1) is 28.4. The summed E-state index contributed by atoms with van der Waals surface area (Å²) in [4.78, 5) is 34.4. The fraction of sp³-hybridized carbons (Fsp3) is 0.870. The van der Waals surface area contributed by atoms with Crippen LogP contribution in [0.3, 0.4) is 0 Å². The first-order valence-corrected chi connectivity index (χ1v) is 11.6. The van der Waals surface area contributed by atoms with Crippen LogP contribution in [0.25, 0.3) is 0 Å². The summed E-state index contributed by atoms with van der Waals surface area (Å²) < 4.78 is 0.187. The Morgan fingerprint density at radius 3 is 1.43 bits per heavy atom. The predicted octanol–water partition coefficient (Wildman–Crippen LogP) is 3.16. The molecule has 3 unspecified atom stereocenters. The highest BCUT2D eigenvalue weighted by molar-refractivity contribution is 5.70. The average molecular weight is 430 g/mol. The Morgan fingerprint density at radius 2 is 1.07 bits per heavy atom. The number of rotatable bonds is 19. The van der Waals surface area contributed by atoms with E-state index in [1.54, 1.807) is 20.8 Å². The highest BCUT2D eigenvalue weighted by Crippen LogP contribution is 2.22. The van der Waals surface area contributed by atoms with Gasteiger partial charge in [-0.1, -0.05) is 58.8 Å². The molecule has 0 saturated heterocycles. The quantitative estimate of drug-likeness (QED) is 0.241. The van der Waals surface area contributed by atoms with E-state index in [1.807, 2.05) is 0 Å². The Labute approximate surface area is 182 Å². The van der Waals surface area contributed by atoms with E-state index < -0.39 is 35.7 Å². The molecular weight excluding hydrogens is 386 g/mol. The number of quaternary nitrogens is 1. The van der Waals surface area contributed by atoms with Gasteiger partial charge < -0.3 is 24.6 Å². The Balaban J connectivity index is 5.07. The van der Waals surface area contributed by atoms with Crippen molar-refractivity contribution in [1.82, 2.24) is 0 Å². The minimum Gasteiger partial charge on any atom is -0.550 e. The van der Waals surface area contributed by atoms with Crippen molar-refractivity contribution in [3.63, 3.8) is 0 Å². The predicted molar refractivity (Wildman–Crippen MR) is 115 cm³/mol. The second kappa shape index (κ2) is 15.2. The van der Waals surface area contributed by atoms with Gasteiger partial charge in [0, 0.05) is 11.9 Å². The van der Waals surface area contributed by atoms with Gasteiger partial charge in [0.05, 0.1) is 26.2 Å². The van der Waals surface area contributed by atoms with Crippen LogP contribution in [0.2, 0.25) is 0 Å². The van der Waals surface area contributed by atoms with Gasteiger partial charge in [-0.25, -0.2) is 0 Å². The molecule has 0 aromatic heterocycles. The summed E-state index contributed by atoms with van der Waals surface area (Å²) in [5.74, 6) is -5.22. The van der Waals surface area contributed by atoms with Gasteiger partial charge >= 0.3 is 11.9 Å². The molecule has 30 heavy (non-hydrogen) atoms. The Bertz CT molecular complexity index is 467. The number of carbonyl (C=O) groups is 3. The molecule has 176 valence electrons. The second-order valence-electron chi connectivity index (χ2n) is 9.14. The molecule has 0 fully saturated rings. The van der Waals surface area contributed by atoms with E-state index in [0.29, 0.717) is 6.54 Å². The maximum atomic E-state index is 11.5. The molecule has 0 bridgehead atoms. The van der Waals surface area contributed by atoms with Crippen molar-refractivity contribution >= 4 is 17.9 Å². The van der Waals surface area contributed by atoms with Crippen LogP contribution < -0.4 is 5.11 Å². The maximum absolute atomic E-state index is 11.5. The molecule has 0 heterocycles. The van der Waals surface area contributed by atoms with E-state index in [0.717, 1.165) is 25.7 Å². The zero-order valence-corrected chi connectivity index (χ0v) is 19.4. The number of nitrogens with zero attached hydrogens (tertiary/aromatic N) is 1. The molecular formula is C23H43NO6. The van der Waals surface area contributed by atoms with Gasteiger partial charge in [0.25, 0.3) is 0 Å². The van der Waals surface area contributed by atoms with Gasteiger partial charge in [0.1, 0.15) is 11.8 Å². The van der Waals surface area contributed by atoms with Gasteiger partial charge in [0.2, 0.25) is 0 Å². The number of hydrogen-bond donors (Lipinski definition) is 2. The van der Waals surface area contributed by atoms with Crippen LogP contribution in [0.1, 0.15) is 85.5 Å². The molecule has 2 N–H and O–H groups in total. The van der Waals surface area contributed by atoms with Crippen LogP contribution in [-0.2, 0) is 14.4 Å². The van der Waals surface area contributed by atoms with Crippen LogP contribution in [0, 0.1) is 17.8 Å². The number of carboxylic acid groups (broad SMARTS) is 3. The van der Waals surface area contributed by atoms with Crippen LogP contribution in [0.4, 0.5) is 0 Å². The van der Waals surface area contributed by atoms with E-state index in [-0.39, 0.29) is 24.1 Å². The molecule has 3 atom stereocenters. The Morgan fingerprint density at radius 1 is 0.700 bits per heavy atom. The standard InChI is InChI=1S/C23H43NO6/c1-5-6-7-8-9-10-11-12-13-14-24(15-18(2)21(25)26,16-19(3)22(27)28)17-20(4)23(29)30/h18-20H,5-17H2,1-4H3,(H2-,25,26,27,28,29,30). The van der Waals surface area contributed by atoms with Crippen molar-refractivity contribution in [3.8, 4) is 0 Å². The summed E-state index contributed by atoms with van der Waals surface area (Å²) in [5.41, 5.74) is 0. The second-order valence-corrected chi connectivity index (χ2v) is 9.14. The van der Waals surface area contributed by atoms with Crippen LogP contribution in [0.15, 0.2) is 0 Å². The van der Waals surface area contributed by atoms with E-state index in [4.69, 9.17) is 0 Å². The molecule has 0 amide bonds. The largest absolute Gasteiger partial charge is 0.550 e. The van der Waals surface area contributed by atoms with Gasteiger partial charge in [-0.3, -0.25) is 9.59 Å². The minimum absolute atomic E-state index is 0.187. The topological polar surface area (TPSA) is 115 Å². The molecule has 0 saturated carbocycles. The monoisotopic (exact) mass is 429 g/mol. The van der Waals surface area contributed by atoms with Crippen molar-refractivity contribution in [2.45, 2.75) is 85.5 Å². The Kier molecular flexibility index (Phi) is 14.4. The average Bonchev–Trinajstić information content (AvgIpc) is 2.66. The smallest absolute Gasteiger partial charge is 0.311 e. The zero-order valence-electron chi connectivity index (χ0n) is 19.4. The van der Waals surface area contributed by atoms with E-state index >= 15 is 0 Å². The summed E-state index contributed by atoms with van der Waals surface area (Å²) >= 11 is 0. The first-order valence-electron chi connectivity index (χ1n) is 11.6. The third-order valence-corrected chi connectivity index (χ3v) is 5.96. The highest BCUT2D eigenvalue weighted by Gasteiger charge is 2.36. The van der Waals surface area contributed by atoms with Crippen LogP contribution in [0.5, 0.6) is 0 Å². The summed E-state index contributed by atoms with van der Waals surface area (Å²) in [5, 5.41) is 30.2. The van der Waals surface area contributed by atoms with Crippen molar-refractivity contribution in [1.29, 1.82) is 0 Å². The van der Waals surface area contributed by atoms with E-state index in [2.05, 4.69) is 6.92 Å². The number of carbonyl (C=O) groups excluding carboxylic acids is 1. The zero-order chi connectivity index (χ0) is 23.2. The van der Waals surface area contributed by atoms with Crippen molar-refractivity contribution in [2.24, 2.45) is 17.8 Å². The van der Waals surface area contributed by atoms with Gasteiger partial charge in [-0.05, 0) is 26.7 Å². The summed E-state index contributed by atoms with van der Waals surface area (Å²) in [6, 6.07) is 0. The fourth-order valence-corrected chi connectivity index (χ4v) is 4.23. The van der Waals surface area contributed by atoms with Crippen molar-refractivity contribution in [2.75, 3.05) is 26.2 Å². The van der Waals surface area contributed by atoms with Gasteiger partial charge in [-0.15, -0.1) is 0 Å². The third-order valence-electron chi connectivity index (χ3n) is 5.96. The lowest BCUT2D eigenvalue weighted by Crippen LogP contribution is -2.58. The molecule has 0 aromatic carbocycles. The molecule has 0 aliphatic heterocycles. The molecule has 0 rings (SSSR count). The van der Waals surface area contributed by atoms with Gasteiger partial charge in [0.15, 0.2) is 0 Å². The summed E-state index contributed by atoms with van der Waals surface area (Å²) in [6.45, 7) is 8.17. The van der Waals surface area contributed by atoms with E-state index in [1.165, 1.54) is 32.1 Å². The van der Waals surface area contributed by atoms with E-state index in [9.17, 15) is 29.7 Å². The number of unbranched alkanes of at least 4 members (excludes halogenated alkanes) is 8. The lowest BCUT2D eigenvalue weighted by molar-refractivity contribution is -0.934. The fourth-order valence-electron chi connectivity index (χ4n) is 4.23. The number of carboxylic acids is 3. The molecule has 0 aliphatic rings. The molecule has 0 aromatic rings. The van der Waals surface area contributed by atoms with Crippen molar-refractivity contribution in [3.05, 3.63) is 0 Å². The first-order chi connectivity index (χ1) is 14.0. The number of hydrogen-bond acceptors (Lipinski definition) is 4. The summed E-state index contributed by atoms with van der Waals surface area (Å²) in [6.07, 6.45) is 10.3. The van der Waals surface area contributed by atoms with Crippen LogP contribution in [-0.4, -0.2) is 58.8 Å². The SMILES string of the molecule is CCCCCCCCCCC[N+](CC(C)C(=O)[O-])(CC(C)C(=O)O)CC(C)C(=O)O. The molecule has 0 spiro atoms. The number of aliphatic carboxylic acids is 3. The lowest BCUT2D eigenvalue weighted by Gasteiger charge is -2.43. The van der Waals surface area contributed by atoms with Crippen molar-refractivity contribution < 1.29 is 34.2 Å². The maximum Gasteiger partial charge on any atom is 0.311 e. The van der Waals surface area contributed by atoms with Gasteiger partial charge in [-0.2, -0.15) is 0 Å². The molecule has 0 aliphatic carbocycles. The molecule has 7 nitrogen and oxygen atoms in total. The molecule has 0 radical (unpaired) electrons. The highest BCUT2D eigenvalue weighted by atomic mass is 16.4. The molecule has 7 heteroatoms. The third kappa shape index (κ3) is 12.2. The normalized spacial score (nSPS) is 16.4. The Hall–Kier alpha value is -1.63. The lowest BCUT2D eigenvalue weighted by atomic mass is 10.0. The minimum atomic E-state index is -1.18. The summed E-state index contributed by atoms with van der Waals surface area (Å²) in [7, 11) is 0.